The van der Waals surface area contributed by atoms with Crippen LogP contribution in [-0.2, 0) is 6.54 Å². The van der Waals surface area contributed by atoms with E-state index in [1.165, 1.54) is 37.8 Å². The number of hydrogen-bond donors (Lipinski definition) is 2. The van der Waals surface area contributed by atoms with Crippen LogP contribution in [0.25, 0.3) is 0 Å². The Kier molecular flexibility index (Phi) is 10.9. The largest absolute Gasteiger partial charge is 0.497 e. The molecule has 0 aromatic heterocycles. The van der Waals surface area contributed by atoms with Crippen LogP contribution in [0.2, 0.25) is 0 Å². The van der Waals surface area contributed by atoms with Gasteiger partial charge in [0.05, 0.1) is 7.11 Å². The average Bonchev–Trinajstić information content (AvgIpc) is 2.65. The van der Waals surface area contributed by atoms with Gasteiger partial charge in [0.15, 0.2) is 5.96 Å². The molecule has 2 rings (SSSR count). The summed E-state index contributed by atoms with van der Waals surface area (Å²) < 4.78 is 5.26. The van der Waals surface area contributed by atoms with Crippen LogP contribution in [0, 0.1) is 0 Å². The minimum absolute atomic E-state index is 0. The molecule has 142 valence electrons. The first kappa shape index (κ1) is 22.0. The second-order valence-corrected chi connectivity index (χ2v) is 6.30. The van der Waals surface area contributed by atoms with Crippen LogP contribution >= 0.6 is 24.0 Å². The molecular formula is C19H33IN4O. The molecule has 1 aliphatic rings. The lowest BCUT2D eigenvalue weighted by atomic mass is 10.0. The van der Waals surface area contributed by atoms with Gasteiger partial charge in [0, 0.05) is 32.7 Å². The lowest BCUT2D eigenvalue weighted by Gasteiger charge is -2.35. The van der Waals surface area contributed by atoms with Gasteiger partial charge in [0.1, 0.15) is 5.75 Å². The van der Waals surface area contributed by atoms with Crippen molar-refractivity contribution in [3.63, 3.8) is 0 Å². The fraction of sp³-hybridized carbons (Fsp3) is 0.632. The summed E-state index contributed by atoms with van der Waals surface area (Å²) in [5, 5.41) is 6.79. The molecule has 5 nitrogen and oxygen atoms in total. The third-order valence-corrected chi connectivity index (χ3v) is 4.73. The van der Waals surface area contributed by atoms with Gasteiger partial charge in [-0.1, -0.05) is 25.5 Å². The van der Waals surface area contributed by atoms with E-state index >= 15 is 0 Å². The maximum atomic E-state index is 5.26. The van der Waals surface area contributed by atoms with Gasteiger partial charge in [0.25, 0.3) is 0 Å². The highest BCUT2D eigenvalue weighted by Gasteiger charge is 2.19. The van der Waals surface area contributed by atoms with Crippen molar-refractivity contribution in [3.05, 3.63) is 29.8 Å². The van der Waals surface area contributed by atoms with E-state index in [2.05, 4.69) is 33.5 Å². The first-order valence-corrected chi connectivity index (χ1v) is 9.08. The molecule has 0 bridgehead atoms. The van der Waals surface area contributed by atoms with Gasteiger partial charge in [-0.3, -0.25) is 9.89 Å². The molecule has 1 saturated heterocycles. The predicted molar refractivity (Wildman–Crippen MR) is 116 cm³/mol. The first-order valence-electron chi connectivity index (χ1n) is 9.08. The summed E-state index contributed by atoms with van der Waals surface area (Å²) in [5.74, 6) is 1.73. The van der Waals surface area contributed by atoms with Gasteiger partial charge >= 0.3 is 0 Å². The lowest BCUT2D eigenvalue weighted by molar-refractivity contribution is 0.147. The predicted octanol–water partition coefficient (Wildman–Crippen LogP) is 3.24. The van der Waals surface area contributed by atoms with E-state index in [4.69, 9.17) is 4.74 Å². The number of halogens is 1. The lowest BCUT2D eigenvalue weighted by Crippen LogP contribution is -2.45. The van der Waals surface area contributed by atoms with Crippen molar-refractivity contribution in [1.29, 1.82) is 0 Å². The zero-order valence-electron chi connectivity index (χ0n) is 15.8. The Balaban J connectivity index is 0.00000312. The molecule has 0 aliphatic carbocycles. The van der Waals surface area contributed by atoms with Crippen LogP contribution < -0.4 is 15.4 Å². The highest BCUT2D eigenvalue weighted by Crippen LogP contribution is 2.18. The van der Waals surface area contributed by atoms with E-state index in [-0.39, 0.29) is 24.0 Å². The van der Waals surface area contributed by atoms with Crippen molar-refractivity contribution >= 4 is 29.9 Å². The van der Waals surface area contributed by atoms with E-state index in [1.54, 1.807) is 7.11 Å². The van der Waals surface area contributed by atoms with Gasteiger partial charge < -0.3 is 15.4 Å². The number of ether oxygens (including phenoxy) is 1. The average molecular weight is 460 g/mol. The van der Waals surface area contributed by atoms with E-state index in [0.717, 1.165) is 37.4 Å². The molecule has 1 unspecified atom stereocenters. The number of likely N-dealkylation sites (tertiary alicyclic amines) is 1. The molecule has 1 aliphatic heterocycles. The Morgan fingerprint density at radius 2 is 2.16 bits per heavy atom. The zero-order chi connectivity index (χ0) is 17.2. The molecule has 0 radical (unpaired) electrons. The Morgan fingerprint density at radius 1 is 1.32 bits per heavy atom. The SMILES string of the molecule is CCC1CCCCN1CCNC(=NC)NCc1cccc(OC)c1.I. The van der Waals surface area contributed by atoms with Crippen LogP contribution in [0.5, 0.6) is 5.75 Å². The monoisotopic (exact) mass is 460 g/mol. The van der Waals surface area contributed by atoms with Gasteiger partial charge in [0.2, 0.25) is 0 Å². The van der Waals surface area contributed by atoms with Crippen molar-refractivity contribution in [2.45, 2.75) is 45.2 Å². The summed E-state index contributed by atoms with van der Waals surface area (Å²) in [5.41, 5.74) is 1.18. The summed E-state index contributed by atoms with van der Waals surface area (Å²) in [4.78, 5) is 6.93. The van der Waals surface area contributed by atoms with E-state index in [0.29, 0.717) is 0 Å². The number of methoxy groups -OCH3 is 1. The van der Waals surface area contributed by atoms with Crippen LogP contribution in [0.1, 0.15) is 38.2 Å². The molecule has 0 amide bonds. The molecule has 1 atom stereocenters. The molecule has 1 aromatic carbocycles. The van der Waals surface area contributed by atoms with Crippen LogP contribution in [0.3, 0.4) is 0 Å². The maximum absolute atomic E-state index is 5.26. The zero-order valence-corrected chi connectivity index (χ0v) is 18.1. The number of nitrogens with zero attached hydrogens (tertiary/aromatic N) is 2. The molecule has 1 aromatic rings. The third kappa shape index (κ3) is 7.40. The third-order valence-electron chi connectivity index (χ3n) is 4.73. The van der Waals surface area contributed by atoms with E-state index in [9.17, 15) is 0 Å². The van der Waals surface area contributed by atoms with Crippen LogP contribution in [-0.4, -0.2) is 50.7 Å². The Bertz CT molecular complexity index is 524. The topological polar surface area (TPSA) is 48.9 Å². The summed E-state index contributed by atoms with van der Waals surface area (Å²) in [6, 6.07) is 8.85. The van der Waals surface area contributed by atoms with Crippen molar-refractivity contribution in [2.75, 3.05) is 33.8 Å². The van der Waals surface area contributed by atoms with Crippen molar-refractivity contribution < 1.29 is 4.74 Å². The molecule has 6 heteroatoms. The molecule has 1 heterocycles. The minimum Gasteiger partial charge on any atom is -0.497 e. The van der Waals surface area contributed by atoms with Gasteiger partial charge in [-0.2, -0.15) is 0 Å². The van der Waals surface area contributed by atoms with Gasteiger partial charge in [-0.05, 0) is 43.5 Å². The van der Waals surface area contributed by atoms with Gasteiger partial charge in [-0.15, -0.1) is 24.0 Å². The normalized spacial score (nSPS) is 18.4. The fourth-order valence-corrected chi connectivity index (χ4v) is 3.32. The quantitative estimate of drug-likeness (QED) is 0.373. The number of benzene rings is 1. The van der Waals surface area contributed by atoms with Crippen LogP contribution in [0.4, 0.5) is 0 Å². The fourth-order valence-electron chi connectivity index (χ4n) is 3.32. The second-order valence-electron chi connectivity index (χ2n) is 6.30. The number of aliphatic imine (C=N–C) groups is 1. The van der Waals surface area contributed by atoms with E-state index in [1.807, 2.05) is 25.2 Å². The molecule has 1 fully saturated rings. The molecule has 0 saturated carbocycles. The Hall–Kier alpha value is -1.02. The van der Waals surface area contributed by atoms with Crippen molar-refractivity contribution in [2.24, 2.45) is 4.99 Å². The van der Waals surface area contributed by atoms with E-state index < -0.39 is 0 Å². The van der Waals surface area contributed by atoms with Gasteiger partial charge in [-0.25, -0.2) is 0 Å². The van der Waals surface area contributed by atoms with Crippen molar-refractivity contribution in [1.82, 2.24) is 15.5 Å². The highest BCUT2D eigenvalue weighted by atomic mass is 127. The first-order chi connectivity index (χ1) is 11.8. The number of nitrogens with one attached hydrogen (secondary N) is 2. The highest BCUT2D eigenvalue weighted by molar-refractivity contribution is 14.0. The number of guanidine groups is 1. The molecule has 25 heavy (non-hydrogen) atoms. The summed E-state index contributed by atoms with van der Waals surface area (Å²) in [7, 11) is 3.51. The number of hydrogen-bond acceptors (Lipinski definition) is 3. The Morgan fingerprint density at radius 3 is 2.88 bits per heavy atom. The summed E-state index contributed by atoms with van der Waals surface area (Å²) in [6.07, 6.45) is 5.31. The molecule has 2 N–H and O–H groups in total. The maximum Gasteiger partial charge on any atom is 0.191 e. The number of piperidine rings is 1. The molecule has 0 spiro atoms. The minimum atomic E-state index is 0. The summed E-state index contributed by atoms with van der Waals surface area (Å²) in [6.45, 7) is 6.27. The second kappa shape index (κ2) is 12.4. The van der Waals surface area contributed by atoms with Crippen LogP contribution in [0.15, 0.2) is 29.3 Å². The van der Waals surface area contributed by atoms with Crippen molar-refractivity contribution in [3.8, 4) is 5.75 Å². The number of rotatable bonds is 7. The Labute approximate surface area is 169 Å². The standard InChI is InChI=1S/C19H32N4O.HI/c1-4-17-9-5-6-12-23(17)13-11-21-19(20-2)22-15-16-8-7-10-18(14-16)24-3;/h7-8,10,14,17H,4-6,9,11-13,15H2,1-3H3,(H2,20,21,22);1H. The smallest absolute Gasteiger partial charge is 0.191 e. The molecular weight excluding hydrogens is 427 g/mol. The summed E-state index contributed by atoms with van der Waals surface area (Å²) >= 11 is 0.